The van der Waals surface area contributed by atoms with Crippen LogP contribution in [-0.4, -0.2) is 0 Å². The largest absolute Gasteiger partial charge is 0.440 e. The van der Waals surface area contributed by atoms with E-state index in [1.807, 2.05) is 66.7 Å². The van der Waals surface area contributed by atoms with E-state index in [1.165, 1.54) is 0 Å². The van der Waals surface area contributed by atoms with Gasteiger partial charge in [0.05, 0.1) is 10.9 Å². The molecule has 0 saturated carbocycles. The molecule has 0 spiro atoms. The van der Waals surface area contributed by atoms with Crippen molar-refractivity contribution in [3.8, 4) is 11.1 Å². The van der Waals surface area contributed by atoms with Crippen LogP contribution in [0.2, 0.25) is 0 Å². The Morgan fingerprint density at radius 3 is 2.18 bits per heavy atom. The van der Waals surface area contributed by atoms with Crippen LogP contribution in [-0.2, 0) is 0 Å². The predicted molar refractivity (Wildman–Crippen MR) is 89.8 cm³/mol. The first kappa shape index (κ1) is 12.7. The molecular weight excluding hydrogens is 274 g/mol. The summed E-state index contributed by atoms with van der Waals surface area (Å²) in [7, 11) is 0. The number of rotatable bonds is 1. The van der Waals surface area contributed by atoms with Crippen molar-refractivity contribution in [3.63, 3.8) is 0 Å². The summed E-state index contributed by atoms with van der Waals surface area (Å²) >= 11 is 0. The lowest BCUT2D eigenvalue weighted by atomic mass is 10.0. The molecule has 4 rings (SSSR count). The van der Waals surface area contributed by atoms with Gasteiger partial charge in [0.15, 0.2) is 0 Å². The Hall–Kier alpha value is -3.07. The highest BCUT2D eigenvalue weighted by Gasteiger charge is 2.14. The van der Waals surface area contributed by atoms with Crippen LogP contribution in [0.4, 0.5) is 5.88 Å². The SMILES string of the molecule is Nc1oc2cc3ccccc3cc2c(=O)c1-c1ccccc1. The van der Waals surface area contributed by atoms with E-state index in [0.29, 0.717) is 16.5 Å². The van der Waals surface area contributed by atoms with Crippen LogP contribution in [0.5, 0.6) is 0 Å². The van der Waals surface area contributed by atoms with E-state index in [4.69, 9.17) is 10.2 Å². The molecule has 1 aromatic heterocycles. The van der Waals surface area contributed by atoms with Crippen molar-refractivity contribution in [1.82, 2.24) is 0 Å². The monoisotopic (exact) mass is 287 g/mol. The molecule has 0 amide bonds. The number of fused-ring (bicyclic) bond motifs is 2. The van der Waals surface area contributed by atoms with Crippen molar-refractivity contribution in [3.05, 3.63) is 77.0 Å². The molecule has 3 nitrogen and oxygen atoms in total. The van der Waals surface area contributed by atoms with Crippen molar-refractivity contribution in [2.24, 2.45) is 0 Å². The minimum Gasteiger partial charge on any atom is -0.440 e. The molecule has 0 radical (unpaired) electrons. The molecule has 0 unspecified atom stereocenters. The summed E-state index contributed by atoms with van der Waals surface area (Å²) in [6.07, 6.45) is 0. The maximum absolute atomic E-state index is 12.9. The van der Waals surface area contributed by atoms with E-state index < -0.39 is 0 Å². The molecule has 0 aliphatic rings. The first-order valence-electron chi connectivity index (χ1n) is 7.04. The summed E-state index contributed by atoms with van der Waals surface area (Å²) in [4.78, 5) is 12.9. The van der Waals surface area contributed by atoms with Crippen LogP contribution in [0.15, 0.2) is 75.9 Å². The van der Waals surface area contributed by atoms with Crippen LogP contribution in [0.25, 0.3) is 32.9 Å². The molecule has 0 aliphatic heterocycles. The topological polar surface area (TPSA) is 56.2 Å². The third kappa shape index (κ3) is 1.87. The highest BCUT2D eigenvalue weighted by atomic mass is 16.3. The zero-order chi connectivity index (χ0) is 15.1. The number of benzene rings is 3. The van der Waals surface area contributed by atoms with Crippen LogP contribution in [0.1, 0.15) is 0 Å². The molecule has 4 aromatic rings. The Bertz CT molecular complexity index is 1050. The third-order valence-electron chi connectivity index (χ3n) is 3.85. The quantitative estimate of drug-likeness (QED) is 0.534. The molecular formula is C19H13NO2. The molecule has 1 heterocycles. The second kappa shape index (κ2) is 4.74. The second-order valence-electron chi connectivity index (χ2n) is 5.23. The smallest absolute Gasteiger partial charge is 0.202 e. The minimum atomic E-state index is -0.101. The standard InChI is InChI=1S/C19H13NO2/c20-19-17(12-6-2-1-3-7-12)18(21)15-10-13-8-4-5-9-14(13)11-16(15)22-19/h1-11H,20H2. The van der Waals surface area contributed by atoms with E-state index in [1.54, 1.807) is 0 Å². The molecule has 106 valence electrons. The van der Waals surface area contributed by atoms with Crippen molar-refractivity contribution >= 4 is 27.6 Å². The van der Waals surface area contributed by atoms with Gasteiger partial charge in [-0.3, -0.25) is 4.79 Å². The van der Waals surface area contributed by atoms with Crippen LogP contribution in [0, 0.1) is 0 Å². The minimum absolute atomic E-state index is 0.101. The summed E-state index contributed by atoms with van der Waals surface area (Å²) in [5, 5.41) is 2.57. The third-order valence-corrected chi connectivity index (χ3v) is 3.85. The molecule has 22 heavy (non-hydrogen) atoms. The van der Waals surface area contributed by atoms with Gasteiger partial charge in [-0.1, -0.05) is 54.6 Å². The maximum Gasteiger partial charge on any atom is 0.202 e. The normalized spacial score (nSPS) is 11.1. The molecule has 3 aromatic carbocycles. The second-order valence-corrected chi connectivity index (χ2v) is 5.23. The van der Waals surface area contributed by atoms with Crippen molar-refractivity contribution in [2.45, 2.75) is 0 Å². The van der Waals surface area contributed by atoms with Crippen molar-refractivity contribution in [1.29, 1.82) is 0 Å². The number of nitrogens with two attached hydrogens (primary N) is 1. The van der Waals surface area contributed by atoms with Gasteiger partial charge in [-0.2, -0.15) is 0 Å². The Morgan fingerprint density at radius 2 is 1.45 bits per heavy atom. The van der Waals surface area contributed by atoms with Gasteiger partial charge in [0, 0.05) is 0 Å². The maximum atomic E-state index is 12.9. The molecule has 0 bridgehead atoms. The highest BCUT2D eigenvalue weighted by molar-refractivity contribution is 5.97. The molecule has 3 heteroatoms. The van der Waals surface area contributed by atoms with E-state index in [0.717, 1.165) is 16.3 Å². The lowest BCUT2D eigenvalue weighted by molar-refractivity contribution is 0.627. The molecule has 2 N–H and O–H groups in total. The van der Waals surface area contributed by atoms with Gasteiger partial charge in [0.25, 0.3) is 0 Å². The Morgan fingerprint density at radius 1 is 0.818 bits per heavy atom. The first-order chi connectivity index (χ1) is 10.7. The van der Waals surface area contributed by atoms with Gasteiger partial charge in [0.1, 0.15) is 5.58 Å². The van der Waals surface area contributed by atoms with Gasteiger partial charge in [-0.25, -0.2) is 0 Å². The van der Waals surface area contributed by atoms with Gasteiger partial charge < -0.3 is 10.2 Å². The van der Waals surface area contributed by atoms with Crippen LogP contribution in [0.3, 0.4) is 0 Å². The average Bonchev–Trinajstić information content (AvgIpc) is 2.54. The number of nitrogen functional groups attached to an aromatic ring is 1. The fraction of sp³-hybridized carbons (Fsp3) is 0. The summed E-state index contributed by atoms with van der Waals surface area (Å²) in [5.41, 5.74) is 7.60. The summed E-state index contributed by atoms with van der Waals surface area (Å²) in [5.74, 6) is 0.152. The van der Waals surface area contributed by atoms with Crippen LogP contribution >= 0.6 is 0 Å². The lowest BCUT2D eigenvalue weighted by Gasteiger charge is -2.07. The number of hydrogen-bond donors (Lipinski definition) is 1. The molecule has 0 atom stereocenters. The zero-order valence-electron chi connectivity index (χ0n) is 11.7. The van der Waals surface area contributed by atoms with E-state index in [2.05, 4.69) is 0 Å². The number of anilines is 1. The fourth-order valence-corrected chi connectivity index (χ4v) is 2.78. The predicted octanol–water partition coefficient (Wildman–Crippen LogP) is 4.20. The van der Waals surface area contributed by atoms with Gasteiger partial charge in [-0.05, 0) is 28.5 Å². The van der Waals surface area contributed by atoms with E-state index in [-0.39, 0.29) is 11.3 Å². The van der Waals surface area contributed by atoms with Gasteiger partial charge in [-0.15, -0.1) is 0 Å². The summed E-state index contributed by atoms with van der Waals surface area (Å²) in [6.45, 7) is 0. The van der Waals surface area contributed by atoms with Gasteiger partial charge >= 0.3 is 0 Å². The molecule has 0 fully saturated rings. The highest BCUT2D eigenvalue weighted by Crippen LogP contribution is 2.28. The average molecular weight is 287 g/mol. The number of hydrogen-bond acceptors (Lipinski definition) is 3. The van der Waals surface area contributed by atoms with Crippen LogP contribution < -0.4 is 11.2 Å². The first-order valence-corrected chi connectivity index (χ1v) is 7.04. The fourth-order valence-electron chi connectivity index (χ4n) is 2.78. The van der Waals surface area contributed by atoms with Gasteiger partial charge in [0.2, 0.25) is 11.3 Å². The Labute approximate surface area is 126 Å². The van der Waals surface area contributed by atoms with Crippen molar-refractivity contribution in [2.75, 3.05) is 5.73 Å². The summed E-state index contributed by atoms with van der Waals surface area (Å²) < 4.78 is 5.71. The molecule has 0 aliphatic carbocycles. The zero-order valence-corrected chi connectivity index (χ0v) is 11.7. The summed E-state index contributed by atoms with van der Waals surface area (Å²) in [6, 6.07) is 20.9. The van der Waals surface area contributed by atoms with E-state index >= 15 is 0 Å². The Balaban J connectivity index is 2.12. The molecule has 0 saturated heterocycles. The lowest BCUT2D eigenvalue weighted by Crippen LogP contribution is -2.08. The Kier molecular flexibility index (Phi) is 2.73. The van der Waals surface area contributed by atoms with Crippen molar-refractivity contribution < 1.29 is 4.42 Å². The van der Waals surface area contributed by atoms with E-state index in [9.17, 15) is 4.79 Å².